The Kier molecular flexibility index (Phi) is 5.28. The molecular formula is C15H13F3N2O2S. The lowest BCUT2D eigenvalue weighted by atomic mass is 10.3. The number of hydrogen-bond donors (Lipinski definition) is 2. The number of benzene rings is 2. The van der Waals surface area contributed by atoms with Crippen LogP contribution < -0.4 is 20.1 Å². The fourth-order valence-electron chi connectivity index (χ4n) is 1.80. The summed E-state index contributed by atoms with van der Waals surface area (Å²) in [5, 5.41) is 5.90. The Labute approximate surface area is 136 Å². The highest BCUT2D eigenvalue weighted by Gasteiger charge is 2.31. The molecule has 0 bridgehead atoms. The summed E-state index contributed by atoms with van der Waals surface area (Å²) in [6, 6.07) is 12.5. The Hall–Kier alpha value is -2.48. The molecule has 2 aromatic rings. The van der Waals surface area contributed by atoms with Gasteiger partial charge in [-0.05, 0) is 36.5 Å². The molecule has 2 N–H and O–H groups in total. The number of thiocarbonyl (C=S) groups is 1. The van der Waals surface area contributed by atoms with Gasteiger partial charge in [-0.1, -0.05) is 18.2 Å². The minimum absolute atomic E-state index is 0.207. The quantitative estimate of drug-likeness (QED) is 0.806. The molecule has 0 saturated heterocycles. The number of alkyl halides is 3. The van der Waals surface area contributed by atoms with Gasteiger partial charge >= 0.3 is 6.36 Å². The summed E-state index contributed by atoms with van der Waals surface area (Å²) in [5.74, 6) is 0.258. The number of halogens is 3. The number of para-hydroxylation sites is 2. The Bertz CT molecular complexity index is 692. The normalized spacial score (nSPS) is 10.8. The lowest BCUT2D eigenvalue weighted by Crippen LogP contribution is -2.20. The predicted octanol–water partition coefficient (Wildman–Crippen LogP) is 4.40. The zero-order valence-electron chi connectivity index (χ0n) is 12.0. The summed E-state index contributed by atoms with van der Waals surface area (Å²) in [7, 11) is 1.52. The lowest BCUT2D eigenvalue weighted by molar-refractivity contribution is -0.274. The first kappa shape index (κ1) is 16.9. The monoisotopic (exact) mass is 342 g/mol. The van der Waals surface area contributed by atoms with E-state index >= 15 is 0 Å². The van der Waals surface area contributed by atoms with Gasteiger partial charge < -0.3 is 20.1 Å². The number of anilines is 2. The molecule has 23 heavy (non-hydrogen) atoms. The maximum Gasteiger partial charge on any atom is 0.573 e. The molecule has 0 heterocycles. The average Bonchev–Trinajstić information content (AvgIpc) is 2.46. The zero-order valence-corrected chi connectivity index (χ0v) is 12.8. The van der Waals surface area contributed by atoms with Gasteiger partial charge in [-0.2, -0.15) is 0 Å². The fraction of sp³-hybridized carbons (Fsp3) is 0.133. The third-order valence-corrected chi connectivity index (χ3v) is 2.88. The highest BCUT2D eigenvalue weighted by Crippen LogP contribution is 2.26. The van der Waals surface area contributed by atoms with Crippen LogP contribution in [0.15, 0.2) is 48.5 Å². The maximum atomic E-state index is 12.2. The summed E-state index contributed by atoms with van der Waals surface area (Å²) in [4.78, 5) is 0. The molecule has 0 aliphatic heterocycles. The molecule has 2 aromatic carbocycles. The van der Waals surface area contributed by atoms with Crippen LogP contribution in [0.25, 0.3) is 0 Å². The third-order valence-electron chi connectivity index (χ3n) is 2.68. The van der Waals surface area contributed by atoms with Crippen LogP contribution in [0.5, 0.6) is 11.5 Å². The first-order chi connectivity index (χ1) is 10.9. The number of nitrogens with one attached hydrogen (secondary N) is 2. The molecule has 0 atom stereocenters. The second kappa shape index (κ2) is 7.19. The molecule has 8 heteroatoms. The number of hydrogen-bond acceptors (Lipinski definition) is 3. The molecule has 0 radical (unpaired) electrons. The number of rotatable bonds is 4. The van der Waals surface area contributed by atoms with Gasteiger partial charge in [0.2, 0.25) is 0 Å². The van der Waals surface area contributed by atoms with Gasteiger partial charge in [0.05, 0.1) is 12.8 Å². The minimum atomic E-state index is -4.74. The highest BCUT2D eigenvalue weighted by atomic mass is 32.1. The van der Waals surface area contributed by atoms with E-state index in [2.05, 4.69) is 15.4 Å². The zero-order chi connectivity index (χ0) is 16.9. The van der Waals surface area contributed by atoms with Crippen molar-refractivity contribution >= 4 is 28.7 Å². The van der Waals surface area contributed by atoms with Crippen LogP contribution in [0.2, 0.25) is 0 Å². The first-order valence-corrected chi connectivity index (χ1v) is 6.85. The van der Waals surface area contributed by atoms with E-state index < -0.39 is 6.36 Å². The van der Waals surface area contributed by atoms with E-state index in [4.69, 9.17) is 17.0 Å². The predicted molar refractivity (Wildman–Crippen MR) is 86.0 cm³/mol. The molecular weight excluding hydrogens is 329 g/mol. The van der Waals surface area contributed by atoms with Gasteiger partial charge in [0.25, 0.3) is 0 Å². The molecule has 0 aliphatic rings. The van der Waals surface area contributed by atoms with Crippen molar-refractivity contribution in [1.82, 2.24) is 0 Å². The standard InChI is InChI=1S/C15H13F3N2O2S/c1-21-13-8-3-2-7-12(13)20-14(23)19-10-5-4-6-11(9-10)22-15(16,17)18/h2-9H,1H3,(H2,19,20,23). The van der Waals surface area contributed by atoms with Crippen molar-refractivity contribution in [2.45, 2.75) is 6.36 Å². The minimum Gasteiger partial charge on any atom is -0.495 e. The van der Waals surface area contributed by atoms with E-state index in [9.17, 15) is 13.2 Å². The highest BCUT2D eigenvalue weighted by molar-refractivity contribution is 7.80. The van der Waals surface area contributed by atoms with Crippen molar-refractivity contribution < 1.29 is 22.6 Å². The number of methoxy groups -OCH3 is 1. The molecule has 122 valence electrons. The van der Waals surface area contributed by atoms with Crippen LogP contribution in [-0.4, -0.2) is 18.6 Å². The second-order valence-electron chi connectivity index (χ2n) is 4.36. The summed E-state index contributed by atoms with van der Waals surface area (Å²) < 4.78 is 45.7. The van der Waals surface area contributed by atoms with Crippen molar-refractivity contribution in [3.05, 3.63) is 48.5 Å². The van der Waals surface area contributed by atoms with Crippen molar-refractivity contribution in [3.8, 4) is 11.5 Å². The summed E-state index contributed by atoms with van der Waals surface area (Å²) in [6.45, 7) is 0. The fourth-order valence-corrected chi connectivity index (χ4v) is 2.03. The Balaban J connectivity index is 2.04. The number of ether oxygens (including phenoxy) is 2. The van der Waals surface area contributed by atoms with Crippen molar-refractivity contribution in [2.75, 3.05) is 17.7 Å². The van der Waals surface area contributed by atoms with Crippen LogP contribution >= 0.6 is 12.2 Å². The Morgan fingerprint density at radius 2 is 1.78 bits per heavy atom. The van der Waals surface area contributed by atoms with E-state index in [1.54, 1.807) is 30.3 Å². The molecule has 0 aromatic heterocycles. The molecule has 0 aliphatic carbocycles. The molecule has 0 unspecified atom stereocenters. The Morgan fingerprint density at radius 1 is 1.04 bits per heavy atom. The average molecular weight is 342 g/mol. The molecule has 2 rings (SSSR count). The van der Waals surface area contributed by atoms with Crippen molar-refractivity contribution in [1.29, 1.82) is 0 Å². The first-order valence-electron chi connectivity index (χ1n) is 6.44. The van der Waals surface area contributed by atoms with E-state index in [-0.39, 0.29) is 10.9 Å². The summed E-state index contributed by atoms with van der Waals surface area (Å²) in [5.41, 5.74) is 0.995. The topological polar surface area (TPSA) is 42.5 Å². The molecule has 0 saturated carbocycles. The van der Waals surface area contributed by atoms with Gasteiger partial charge in [-0.3, -0.25) is 0 Å². The van der Waals surface area contributed by atoms with E-state index in [1.165, 1.54) is 25.3 Å². The van der Waals surface area contributed by atoms with Crippen molar-refractivity contribution in [3.63, 3.8) is 0 Å². The van der Waals surface area contributed by atoms with Gasteiger partial charge in [-0.15, -0.1) is 13.2 Å². The van der Waals surface area contributed by atoms with E-state index in [0.29, 0.717) is 17.1 Å². The molecule has 0 amide bonds. The largest absolute Gasteiger partial charge is 0.573 e. The maximum absolute atomic E-state index is 12.2. The van der Waals surface area contributed by atoms with Crippen LogP contribution in [0.4, 0.5) is 24.5 Å². The van der Waals surface area contributed by atoms with E-state index in [1.807, 2.05) is 0 Å². The smallest absolute Gasteiger partial charge is 0.495 e. The van der Waals surface area contributed by atoms with Crippen LogP contribution in [0.3, 0.4) is 0 Å². The Morgan fingerprint density at radius 3 is 2.48 bits per heavy atom. The molecule has 4 nitrogen and oxygen atoms in total. The van der Waals surface area contributed by atoms with Crippen LogP contribution in [0, 0.1) is 0 Å². The van der Waals surface area contributed by atoms with Gasteiger partial charge in [0, 0.05) is 11.8 Å². The van der Waals surface area contributed by atoms with Crippen LogP contribution in [-0.2, 0) is 0 Å². The second-order valence-corrected chi connectivity index (χ2v) is 4.76. The SMILES string of the molecule is COc1ccccc1NC(=S)Nc1cccc(OC(F)(F)F)c1. The molecule has 0 spiro atoms. The summed E-state index contributed by atoms with van der Waals surface area (Å²) >= 11 is 5.14. The molecule has 0 fully saturated rings. The van der Waals surface area contributed by atoms with Crippen molar-refractivity contribution in [2.24, 2.45) is 0 Å². The van der Waals surface area contributed by atoms with Gasteiger partial charge in [0.1, 0.15) is 11.5 Å². The van der Waals surface area contributed by atoms with Gasteiger partial charge in [-0.25, -0.2) is 0 Å². The van der Waals surface area contributed by atoms with Gasteiger partial charge in [0.15, 0.2) is 5.11 Å². The third kappa shape index (κ3) is 5.33. The lowest BCUT2D eigenvalue weighted by Gasteiger charge is -2.14. The summed E-state index contributed by atoms with van der Waals surface area (Å²) in [6.07, 6.45) is -4.74. The van der Waals surface area contributed by atoms with E-state index in [0.717, 1.165) is 0 Å². The van der Waals surface area contributed by atoms with Crippen LogP contribution in [0.1, 0.15) is 0 Å².